The maximum atomic E-state index is 12.8. The second-order valence-electron chi connectivity index (χ2n) is 6.92. The molecular weight excluding hydrogens is 340 g/mol. The Morgan fingerprint density at radius 1 is 1.19 bits per heavy atom. The van der Waals surface area contributed by atoms with E-state index >= 15 is 0 Å². The molecule has 2 amide bonds. The summed E-state index contributed by atoms with van der Waals surface area (Å²) in [4.78, 5) is 29.3. The Balaban J connectivity index is 1.64. The van der Waals surface area contributed by atoms with Gasteiger partial charge in [0.25, 0.3) is 5.91 Å². The average molecular weight is 366 g/mol. The molecule has 6 nitrogen and oxygen atoms in total. The van der Waals surface area contributed by atoms with E-state index in [0.29, 0.717) is 24.4 Å². The molecule has 2 aromatic rings. The molecule has 0 radical (unpaired) electrons. The molecule has 0 aliphatic carbocycles. The number of aromatic nitrogens is 1. The van der Waals surface area contributed by atoms with Crippen molar-refractivity contribution in [2.75, 3.05) is 19.6 Å². The van der Waals surface area contributed by atoms with Crippen LogP contribution in [0.25, 0.3) is 0 Å². The van der Waals surface area contributed by atoms with Crippen LogP contribution in [0.1, 0.15) is 28.8 Å². The lowest BCUT2D eigenvalue weighted by Gasteiger charge is -2.24. The molecule has 1 fully saturated rings. The largest absolute Gasteiger partial charge is 0.354 e. The normalized spacial score (nSPS) is 17.7. The Bertz CT molecular complexity index is 730. The molecule has 1 saturated heterocycles. The SMILES string of the molecule is O=C(NC(Cc1ccccc1)C(=O)NCC1CCCNC1)c1cccnc1. The molecule has 1 aromatic carbocycles. The van der Waals surface area contributed by atoms with E-state index in [2.05, 4.69) is 20.9 Å². The van der Waals surface area contributed by atoms with Gasteiger partial charge in [-0.05, 0) is 49.5 Å². The van der Waals surface area contributed by atoms with Gasteiger partial charge < -0.3 is 16.0 Å². The monoisotopic (exact) mass is 366 g/mol. The van der Waals surface area contributed by atoms with Crippen molar-refractivity contribution in [1.82, 2.24) is 20.9 Å². The van der Waals surface area contributed by atoms with Crippen molar-refractivity contribution >= 4 is 11.8 Å². The first kappa shape index (κ1) is 19.0. The van der Waals surface area contributed by atoms with E-state index in [9.17, 15) is 9.59 Å². The molecule has 3 N–H and O–H groups in total. The molecule has 2 unspecified atom stereocenters. The minimum Gasteiger partial charge on any atom is -0.354 e. The molecule has 6 heteroatoms. The van der Waals surface area contributed by atoms with E-state index in [4.69, 9.17) is 0 Å². The van der Waals surface area contributed by atoms with E-state index < -0.39 is 6.04 Å². The van der Waals surface area contributed by atoms with E-state index in [1.54, 1.807) is 18.3 Å². The minimum absolute atomic E-state index is 0.151. The molecule has 0 spiro atoms. The lowest BCUT2D eigenvalue weighted by molar-refractivity contribution is -0.123. The first-order valence-corrected chi connectivity index (χ1v) is 9.45. The van der Waals surface area contributed by atoms with E-state index in [1.165, 1.54) is 6.20 Å². The third kappa shape index (κ3) is 5.89. The number of amides is 2. The summed E-state index contributed by atoms with van der Waals surface area (Å²) in [5, 5.41) is 9.24. The van der Waals surface area contributed by atoms with E-state index in [1.807, 2.05) is 30.3 Å². The lowest BCUT2D eigenvalue weighted by atomic mass is 9.99. The van der Waals surface area contributed by atoms with Gasteiger partial charge in [-0.25, -0.2) is 0 Å². The van der Waals surface area contributed by atoms with Crippen LogP contribution < -0.4 is 16.0 Å². The third-order valence-corrected chi connectivity index (χ3v) is 4.79. The summed E-state index contributed by atoms with van der Waals surface area (Å²) in [5.41, 5.74) is 1.45. The molecule has 1 aliphatic rings. The molecule has 142 valence electrons. The van der Waals surface area contributed by atoms with Gasteiger partial charge in [-0.3, -0.25) is 14.6 Å². The average Bonchev–Trinajstić information content (AvgIpc) is 2.73. The molecule has 2 atom stereocenters. The predicted octanol–water partition coefficient (Wildman–Crippen LogP) is 1.54. The Hall–Kier alpha value is -2.73. The van der Waals surface area contributed by atoms with Crippen LogP contribution in [-0.2, 0) is 11.2 Å². The summed E-state index contributed by atoms with van der Waals surface area (Å²) in [7, 11) is 0. The fourth-order valence-corrected chi connectivity index (χ4v) is 3.26. The zero-order chi connectivity index (χ0) is 18.9. The number of hydrogen-bond donors (Lipinski definition) is 3. The molecule has 1 aromatic heterocycles. The van der Waals surface area contributed by atoms with Crippen molar-refractivity contribution < 1.29 is 9.59 Å². The number of rotatable bonds is 7. The number of nitrogens with zero attached hydrogens (tertiary/aromatic N) is 1. The van der Waals surface area contributed by atoms with Crippen LogP contribution in [0, 0.1) is 5.92 Å². The van der Waals surface area contributed by atoms with E-state index in [0.717, 1.165) is 31.5 Å². The van der Waals surface area contributed by atoms with Crippen LogP contribution in [0.3, 0.4) is 0 Å². The Morgan fingerprint density at radius 3 is 2.74 bits per heavy atom. The highest BCUT2D eigenvalue weighted by molar-refractivity contribution is 5.97. The van der Waals surface area contributed by atoms with Crippen molar-refractivity contribution in [3.63, 3.8) is 0 Å². The fourth-order valence-electron chi connectivity index (χ4n) is 3.26. The van der Waals surface area contributed by atoms with Crippen molar-refractivity contribution in [1.29, 1.82) is 0 Å². The standard InChI is InChI=1S/C21H26N4O2/c26-20(18-9-5-11-23-15-18)25-19(12-16-6-2-1-3-7-16)21(27)24-14-17-8-4-10-22-13-17/h1-3,5-7,9,11,15,17,19,22H,4,8,10,12-14H2,(H,24,27)(H,25,26). The predicted molar refractivity (Wildman–Crippen MR) is 104 cm³/mol. The van der Waals surface area contributed by atoms with Gasteiger partial charge in [0.2, 0.25) is 5.91 Å². The van der Waals surface area contributed by atoms with Crippen LogP contribution in [0.5, 0.6) is 0 Å². The summed E-state index contributed by atoms with van der Waals surface area (Å²) in [6.45, 7) is 2.59. The summed E-state index contributed by atoms with van der Waals surface area (Å²) >= 11 is 0. The molecule has 27 heavy (non-hydrogen) atoms. The number of pyridine rings is 1. The molecule has 0 bridgehead atoms. The molecule has 2 heterocycles. The highest BCUT2D eigenvalue weighted by Gasteiger charge is 2.23. The number of piperidine rings is 1. The zero-order valence-electron chi connectivity index (χ0n) is 15.4. The smallest absolute Gasteiger partial charge is 0.253 e. The second kappa shape index (κ2) is 9.83. The maximum absolute atomic E-state index is 12.8. The van der Waals surface area contributed by atoms with Crippen LogP contribution in [0.2, 0.25) is 0 Å². The Labute approximate surface area is 159 Å². The van der Waals surface area contributed by atoms with E-state index in [-0.39, 0.29) is 11.8 Å². The van der Waals surface area contributed by atoms with Crippen LogP contribution in [-0.4, -0.2) is 42.5 Å². The van der Waals surface area contributed by atoms with Crippen molar-refractivity contribution in [2.24, 2.45) is 5.92 Å². The van der Waals surface area contributed by atoms with Gasteiger partial charge >= 0.3 is 0 Å². The summed E-state index contributed by atoms with van der Waals surface area (Å²) in [6, 6.07) is 12.5. The summed E-state index contributed by atoms with van der Waals surface area (Å²) in [6.07, 6.45) is 5.80. The number of nitrogens with one attached hydrogen (secondary N) is 3. The number of hydrogen-bond acceptors (Lipinski definition) is 4. The quantitative estimate of drug-likeness (QED) is 0.694. The molecule has 3 rings (SSSR count). The van der Waals surface area contributed by atoms with Crippen LogP contribution in [0.4, 0.5) is 0 Å². The highest BCUT2D eigenvalue weighted by atomic mass is 16.2. The minimum atomic E-state index is -0.628. The lowest BCUT2D eigenvalue weighted by Crippen LogP contribution is -2.49. The van der Waals surface area contributed by atoms with Crippen molar-refractivity contribution in [3.05, 3.63) is 66.0 Å². The van der Waals surface area contributed by atoms with Gasteiger partial charge in [-0.15, -0.1) is 0 Å². The van der Waals surface area contributed by atoms with Gasteiger partial charge in [0.05, 0.1) is 5.56 Å². The maximum Gasteiger partial charge on any atom is 0.253 e. The summed E-state index contributed by atoms with van der Waals surface area (Å²) in [5.74, 6) is -0.00530. The number of carbonyl (C=O) groups excluding carboxylic acids is 2. The molecule has 0 saturated carbocycles. The van der Waals surface area contributed by atoms with Crippen molar-refractivity contribution in [3.8, 4) is 0 Å². The highest BCUT2D eigenvalue weighted by Crippen LogP contribution is 2.09. The van der Waals surface area contributed by atoms with Gasteiger partial charge in [-0.2, -0.15) is 0 Å². The Kier molecular flexibility index (Phi) is 6.93. The number of carbonyl (C=O) groups is 2. The topological polar surface area (TPSA) is 83.1 Å². The second-order valence-corrected chi connectivity index (χ2v) is 6.92. The van der Waals surface area contributed by atoms with Gasteiger partial charge in [-0.1, -0.05) is 30.3 Å². The number of benzene rings is 1. The fraction of sp³-hybridized carbons (Fsp3) is 0.381. The van der Waals surface area contributed by atoms with Gasteiger partial charge in [0, 0.05) is 25.4 Å². The van der Waals surface area contributed by atoms with Crippen LogP contribution in [0.15, 0.2) is 54.9 Å². The van der Waals surface area contributed by atoms with Crippen molar-refractivity contribution in [2.45, 2.75) is 25.3 Å². The van der Waals surface area contributed by atoms with Crippen LogP contribution >= 0.6 is 0 Å². The first-order valence-electron chi connectivity index (χ1n) is 9.45. The molecular formula is C21H26N4O2. The molecule has 1 aliphatic heterocycles. The third-order valence-electron chi connectivity index (χ3n) is 4.79. The van der Waals surface area contributed by atoms with Gasteiger partial charge in [0.1, 0.15) is 6.04 Å². The zero-order valence-corrected chi connectivity index (χ0v) is 15.4. The van der Waals surface area contributed by atoms with Gasteiger partial charge in [0.15, 0.2) is 0 Å². The summed E-state index contributed by atoms with van der Waals surface area (Å²) < 4.78 is 0. The first-order chi connectivity index (χ1) is 13.2. The Morgan fingerprint density at radius 2 is 2.04 bits per heavy atom.